The third kappa shape index (κ3) is 2.65. The molecule has 2 rings (SSSR count). The molecule has 6 nitrogen and oxygen atoms in total. The zero-order chi connectivity index (χ0) is 12.5. The van der Waals surface area contributed by atoms with Gasteiger partial charge in [0, 0.05) is 11.5 Å². The Morgan fingerprint density at radius 1 is 1.35 bits per heavy atom. The van der Waals surface area contributed by atoms with E-state index in [4.69, 9.17) is 17.3 Å². The van der Waals surface area contributed by atoms with Crippen molar-refractivity contribution in [2.75, 3.05) is 10.5 Å². The molecule has 17 heavy (non-hydrogen) atoms. The Kier molecular flexibility index (Phi) is 3.18. The Bertz CT molecular complexity index is 640. The van der Waals surface area contributed by atoms with Crippen LogP contribution in [0, 0.1) is 0 Å². The fourth-order valence-electron chi connectivity index (χ4n) is 1.11. The van der Waals surface area contributed by atoms with Crippen LogP contribution < -0.4 is 10.5 Å². The van der Waals surface area contributed by atoms with Crippen molar-refractivity contribution in [2.45, 2.75) is 4.90 Å². The van der Waals surface area contributed by atoms with Crippen LogP contribution in [0.25, 0.3) is 0 Å². The number of hydrogen-bond donors (Lipinski definition) is 2. The molecule has 0 saturated heterocycles. The number of sulfonamides is 1. The van der Waals surface area contributed by atoms with E-state index in [1.165, 1.54) is 12.1 Å². The van der Waals surface area contributed by atoms with E-state index < -0.39 is 10.0 Å². The first-order valence-corrected chi connectivity index (χ1v) is 6.99. The van der Waals surface area contributed by atoms with Crippen molar-refractivity contribution in [3.8, 4) is 0 Å². The van der Waals surface area contributed by atoms with Gasteiger partial charge in [0.2, 0.25) is 5.13 Å². The van der Waals surface area contributed by atoms with Crippen LogP contribution in [0.15, 0.2) is 29.2 Å². The van der Waals surface area contributed by atoms with Crippen LogP contribution in [0.2, 0.25) is 5.02 Å². The van der Waals surface area contributed by atoms with Gasteiger partial charge >= 0.3 is 0 Å². The molecule has 0 saturated carbocycles. The Morgan fingerprint density at radius 3 is 2.65 bits per heavy atom. The minimum absolute atomic E-state index is 0.0324. The van der Waals surface area contributed by atoms with Gasteiger partial charge in [-0.15, -0.1) is 0 Å². The average molecular weight is 291 g/mol. The molecule has 0 aliphatic rings. The van der Waals surface area contributed by atoms with Crippen LogP contribution in [0.4, 0.5) is 11.1 Å². The Hall–Kier alpha value is -1.38. The summed E-state index contributed by atoms with van der Waals surface area (Å²) >= 11 is 6.70. The largest absolute Gasteiger partial charge is 0.374 e. The maximum atomic E-state index is 11.9. The molecule has 9 heteroatoms. The fourth-order valence-corrected chi connectivity index (χ4v) is 3.03. The van der Waals surface area contributed by atoms with Crippen molar-refractivity contribution in [1.82, 2.24) is 9.36 Å². The predicted octanol–water partition coefficient (Wildman–Crippen LogP) is 1.57. The molecule has 1 aromatic heterocycles. The van der Waals surface area contributed by atoms with Crippen molar-refractivity contribution in [1.29, 1.82) is 0 Å². The van der Waals surface area contributed by atoms with E-state index in [-0.39, 0.29) is 21.0 Å². The minimum Gasteiger partial charge on any atom is -0.374 e. The van der Waals surface area contributed by atoms with Crippen molar-refractivity contribution < 1.29 is 8.42 Å². The van der Waals surface area contributed by atoms with Gasteiger partial charge in [-0.3, -0.25) is 0 Å². The van der Waals surface area contributed by atoms with Gasteiger partial charge in [0.05, 0.1) is 5.02 Å². The van der Waals surface area contributed by atoms with Gasteiger partial charge in [-0.25, -0.2) is 13.1 Å². The Morgan fingerprint density at radius 2 is 2.06 bits per heavy atom. The number of nitrogens with two attached hydrogens (primary N) is 1. The first-order valence-electron chi connectivity index (χ1n) is 4.35. The van der Waals surface area contributed by atoms with Crippen LogP contribution in [0.3, 0.4) is 0 Å². The quantitative estimate of drug-likeness (QED) is 0.894. The molecular weight excluding hydrogens is 284 g/mol. The topological polar surface area (TPSA) is 98.0 Å². The third-order valence-electron chi connectivity index (χ3n) is 1.79. The summed E-state index contributed by atoms with van der Waals surface area (Å²) < 4.78 is 29.8. The van der Waals surface area contributed by atoms with Gasteiger partial charge < -0.3 is 5.73 Å². The predicted molar refractivity (Wildman–Crippen MR) is 66.6 cm³/mol. The number of nitrogens with one attached hydrogen (secondary N) is 1. The van der Waals surface area contributed by atoms with E-state index in [9.17, 15) is 8.42 Å². The number of aromatic nitrogens is 2. The number of benzene rings is 1. The monoisotopic (exact) mass is 290 g/mol. The van der Waals surface area contributed by atoms with Gasteiger partial charge in [0.15, 0.2) is 0 Å². The van der Waals surface area contributed by atoms with Crippen LogP contribution in [0.5, 0.6) is 0 Å². The Labute approximate surface area is 107 Å². The summed E-state index contributed by atoms with van der Waals surface area (Å²) in [5.74, 6) is -0.0626. The molecule has 2 aromatic rings. The van der Waals surface area contributed by atoms with Crippen LogP contribution in [0.1, 0.15) is 0 Å². The fraction of sp³-hybridized carbons (Fsp3) is 0. The number of halogens is 1. The molecule has 3 N–H and O–H groups in total. The number of nitrogens with zero attached hydrogens (tertiary/aromatic N) is 2. The number of anilines is 2. The number of hydrogen-bond acceptors (Lipinski definition) is 6. The molecule has 90 valence electrons. The molecule has 0 fully saturated rings. The molecule has 0 radical (unpaired) electrons. The lowest BCUT2D eigenvalue weighted by Gasteiger charge is -2.05. The second-order valence-corrected chi connectivity index (χ2v) is 5.83. The highest BCUT2D eigenvalue weighted by molar-refractivity contribution is 7.92. The van der Waals surface area contributed by atoms with E-state index in [2.05, 4.69) is 14.1 Å². The van der Waals surface area contributed by atoms with Crippen molar-refractivity contribution >= 4 is 44.2 Å². The average Bonchev–Trinajstić information content (AvgIpc) is 2.63. The van der Waals surface area contributed by atoms with E-state index in [1.807, 2.05) is 0 Å². The lowest BCUT2D eigenvalue weighted by atomic mass is 10.4. The minimum atomic E-state index is -3.79. The Balaban J connectivity index is 2.35. The van der Waals surface area contributed by atoms with Gasteiger partial charge in [-0.2, -0.15) is 9.36 Å². The molecule has 0 unspecified atom stereocenters. The lowest BCUT2D eigenvalue weighted by molar-refractivity contribution is 0.601. The van der Waals surface area contributed by atoms with E-state index in [0.717, 1.165) is 11.5 Å². The molecule has 0 bridgehead atoms. The summed E-state index contributed by atoms with van der Waals surface area (Å²) in [5, 5.41) is 0.310. The van der Waals surface area contributed by atoms with Crippen LogP contribution >= 0.6 is 23.1 Å². The summed E-state index contributed by atoms with van der Waals surface area (Å²) in [7, 11) is -3.79. The van der Waals surface area contributed by atoms with Gasteiger partial charge in [0.1, 0.15) is 4.90 Å². The zero-order valence-corrected chi connectivity index (χ0v) is 10.7. The van der Waals surface area contributed by atoms with E-state index >= 15 is 0 Å². The maximum Gasteiger partial charge on any atom is 0.265 e. The van der Waals surface area contributed by atoms with Crippen molar-refractivity contribution in [3.63, 3.8) is 0 Å². The molecule has 0 amide bonds. The van der Waals surface area contributed by atoms with Gasteiger partial charge in [-0.1, -0.05) is 23.7 Å². The second kappa shape index (κ2) is 4.47. The first kappa shape index (κ1) is 12.1. The summed E-state index contributed by atoms with van der Waals surface area (Å²) in [6, 6.07) is 6.09. The molecule has 0 spiro atoms. The van der Waals surface area contributed by atoms with E-state index in [1.54, 1.807) is 12.1 Å². The van der Waals surface area contributed by atoms with Gasteiger partial charge in [-0.05, 0) is 12.1 Å². The highest BCUT2D eigenvalue weighted by atomic mass is 35.5. The highest BCUT2D eigenvalue weighted by Gasteiger charge is 2.19. The third-order valence-corrected chi connectivity index (χ3v) is 4.16. The number of nitrogen functional groups attached to an aromatic ring is 1. The number of rotatable bonds is 3. The molecule has 0 atom stereocenters. The molecule has 0 aliphatic carbocycles. The molecule has 1 heterocycles. The van der Waals surface area contributed by atoms with E-state index in [0.29, 0.717) is 0 Å². The maximum absolute atomic E-state index is 11.9. The van der Waals surface area contributed by atoms with Gasteiger partial charge in [0.25, 0.3) is 16.0 Å². The second-order valence-electron chi connectivity index (χ2n) is 2.99. The van der Waals surface area contributed by atoms with Crippen molar-refractivity contribution in [3.05, 3.63) is 29.3 Å². The molecule has 0 aliphatic heterocycles. The molecular formula is C8H7ClN4O2S2. The summed E-state index contributed by atoms with van der Waals surface area (Å²) in [5.41, 5.74) is 5.35. The standard InChI is InChI=1S/C8H7ClN4O2S2/c9-5-3-1-2-4-6(5)17(14,15)13-8-11-7(10)16-12-8/h1-4H,(H3,10,11,12,13). The van der Waals surface area contributed by atoms with Crippen molar-refractivity contribution in [2.24, 2.45) is 0 Å². The first-order chi connectivity index (χ1) is 7.99. The summed E-state index contributed by atoms with van der Waals surface area (Å²) in [6.07, 6.45) is 0. The normalized spacial score (nSPS) is 11.4. The van der Waals surface area contributed by atoms with Crippen LogP contribution in [-0.2, 0) is 10.0 Å². The summed E-state index contributed by atoms with van der Waals surface area (Å²) in [4.78, 5) is 3.67. The lowest BCUT2D eigenvalue weighted by Crippen LogP contribution is -2.14. The molecule has 1 aromatic carbocycles. The summed E-state index contributed by atoms with van der Waals surface area (Å²) in [6.45, 7) is 0. The highest BCUT2D eigenvalue weighted by Crippen LogP contribution is 2.22. The smallest absolute Gasteiger partial charge is 0.265 e. The van der Waals surface area contributed by atoms with Crippen LogP contribution in [-0.4, -0.2) is 17.8 Å². The SMILES string of the molecule is Nc1nc(NS(=O)(=O)c2ccccc2Cl)ns1. The zero-order valence-electron chi connectivity index (χ0n) is 8.29.